The van der Waals surface area contributed by atoms with Gasteiger partial charge < -0.3 is 4.42 Å². The first kappa shape index (κ1) is 14.8. The van der Waals surface area contributed by atoms with Crippen molar-refractivity contribution >= 4 is 35.4 Å². The number of nitrogens with zero attached hydrogens (tertiary/aromatic N) is 2. The smallest absolute Gasteiger partial charge is 0.248 e. The van der Waals surface area contributed by atoms with Crippen LogP contribution in [0.2, 0.25) is 10.0 Å². The summed E-state index contributed by atoms with van der Waals surface area (Å²) in [7, 11) is 0. The standard InChI is InChI=1S/C17H12Cl2N2O/c1-11-2-4-13(5-3-11)17-21-20-16(22-17)9-7-12-6-8-14(18)10-15(12)19/h2-10H,1H3/b9-7+. The van der Waals surface area contributed by atoms with E-state index in [0.717, 1.165) is 11.1 Å². The van der Waals surface area contributed by atoms with Crippen LogP contribution < -0.4 is 0 Å². The van der Waals surface area contributed by atoms with Gasteiger partial charge in [-0.1, -0.05) is 47.0 Å². The molecule has 0 unspecified atom stereocenters. The highest BCUT2D eigenvalue weighted by molar-refractivity contribution is 6.35. The molecule has 3 nitrogen and oxygen atoms in total. The highest BCUT2D eigenvalue weighted by atomic mass is 35.5. The number of hydrogen-bond donors (Lipinski definition) is 0. The van der Waals surface area contributed by atoms with Gasteiger partial charge in [-0.15, -0.1) is 10.2 Å². The van der Waals surface area contributed by atoms with Crippen LogP contribution in [0.3, 0.4) is 0 Å². The number of halogens is 2. The van der Waals surface area contributed by atoms with Crippen molar-refractivity contribution in [1.29, 1.82) is 0 Å². The molecule has 1 heterocycles. The summed E-state index contributed by atoms with van der Waals surface area (Å²) in [6.07, 6.45) is 3.53. The summed E-state index contributed by atoms with van der Waals surface area (Å²) in [6.45, 7) is 2.03. The fourth-order valence-corrected chi connectivity index (χ4v) is 2.38. The molecular formula is C17H12Cl2N2O. The molecule has 0 fully saturated rings. The molecule has 0 saturated heterocycles. The fraction of sp³-hybridized carbons (Fsp3) is 0.0588. The Morgan fingerprint density at radius 3 is 2.45 bits per heavy atom. The molecular weight excluding hydrogens is 319 g/mol. The maximum Gasteiger partial charge on any atom is 0.248 e. The van der Waals surface area contributed by atoms with E-state index < -0.39 is 0 Å². The molecule has 0 bridgehead atoms. The van der Waals surface area contributed by atoms with E-state index in [1.54, 1.807) is 18.2 Å². The Morgan fingerprint density at radius 1 is 0.955 bits per heavy atom. The first-order valence-electron chi connectivity index (χ1n) is 6.65. The number of aryl methyl sites for hydroxylation is 1. The molecule has 0 aliphatic heterocycles. The minimum atomic E-state index is 0.418. The van der Waals surface area contributed by atoms with Crippen molar-refractivity contribution in [2.45, 2.75) is 6.92 Å². The molecule has 3 aromatic rings. The van der Waals surface area contributed by atoms with E-state index in [2.05, 4.69) is 10.2 Å². The monoisotopic (exact) mass is 330 g/mol. The van der Waals surface area contributed by atoms with E-state index in [0.29, 0.717) is 21.8 Å². The van der Waals surface area contributed by atoms with Crippen molar-refractivity contribution in [3.8, 4) is 11.5 Å². The average molecular weight is 331 g/mol. The van der Waals surface area contributed by atoms with Gasteiger partial charge in [-0.3, -0.25) is 0 Å². The molecule has 0 aliphatic rings. The average Bonchev–Trinajstić information content (AvgIpc) is 2.96. The van der Waals surface area contributed by atoms with Crippen LogP contribution in [0.5, 0.6) is 0 Å². The normalized spacial score (nSPS) is 11.2. The highest BCUT2D eigenvalue weighted by Crippen LogP contribution is 2.23. The van der Waals surface area contributed by atoms with Gasteiger partial charge in [-0.2, -0.15) is 0 Å². The second kappa shape index (κ2) is 6.34. The second-order valence-corrected chi connectivity index (χ2v) is 5.65. The van der Waals surface area contributed by atoms with Crippen LogP contribution in [-0.2, 0) is 0 Å². The minimum absolute atomic E-state index is 0.418. The number of benzene rings is 2. The van der Waals surface area contributed by atoms with E-state index in [1.807, 2.05) is 43.3 Å². The van der Waals surface area contributed by atoms with Crippen LogP contribution in [0.1, 0.15) is 17.0 Å². The third-order valence-electron chi connectivity index (χ3n) is 3.11. The van der Waals surface area contributed by atoms with Crippen molar-refractivity contribution in [3.05, 3.63) is 69.5 Å². The maximum absolute atomic E-state index is 6.11. The number of aromatic nitrogens is 2. The molecule has 0 radical (unpaired) electrons. The SMILES string of the molecule is Cc1ccc(-c2nnc(/C=C/c3ccc(Cl)cc3Cl)o2)cc1. The molecule has 1 aromatic heterocycles. The van der Waals surface area contributed by atoms with Gasteiger partial charge in [0, 0.05) is 21.7 Å². The topological polar surface area (TPSA) is 38.9 Å². The number of hydrogen-bond acceptors (Lipinski definition) is 3. The van der Waals surface area contributed by atoms with Crippen LogP contribution in [-0.4, -0.2) is 10.2 Å². The second-order valence-electron chi connectivity index (χ2n) is 4.81. The van der Waals surface area contributed by atoms with E-state index in [1.165, 1.54) is 5.56 Å². The zero-order valence-corrected chi connectivity index (χ0v) is 13.3. The third-order valence-corrected chi connectivity index (χ3v) is 3.67. The third kappa shape index (κ3) is 3.38. The quantitative estimate of drug-likeness (QED) is 0.634. The molecule has 0 spiro atoms. The highest BCUT2D eigenvalue weighted by Gasteiger charge is 2.06. The van der Waals surface area contributed by atoms with Crippen LogP contribution >= 0.6 is 23.2 Å². The molecule has 3 rings (SSSR count). The molecule has 0 saturated carbocycles. The van der Waals surface area contributed by atoms with Crippen molar-refractivity contribution in [2.75, 3.05) is 0 Å². The molecule has 2 aromatic carbocycles. The predicted molar refractivity (Wildman–Crippen MR) is 89.9 cm³/mol. The van der Waals surface area contributed by atoms with Gasteiger partial charge in [-0.05, 0) is 42.8 Å². The van der Waals surface area contributed by atoms with Gasteiger partial charge >= 0.3 is 0 Å². The van der Waals surface area contributed by atoms with Gasteiger partial charge in [0.05, 0.1) is 0 Å². The Hall–Kier alpha value is -2.10. The molecule has 5 heteroatoms. The van der Waals surface area contributed by atoms with E-state index >= 15 is 0 Å². The summed E-state index contributed by atoms with van der Waals surface area (Å²) < 4.78 is 5.62. The summed E-state index contributed by atoms with van der Waals surface area (Å²) in [6, 6.07) is 13.2. The first-order valence-corrected chi connectivity index (χ1v) is 7.41. The molecule has 0 atom stereocenters. The van der Waals surface area contributed by atoms with E-state index in [4.69, 9.17) is 27.6 Å². The Bertz CT molecular complexity index is 823. The molecule has 0 N–H and O–H groups in total. The summed E-state index contributed by atoms with van der Waals surface area (Å²) in [5.74, 6) is 0.906. The zero-order valence-electron chi connectivity index (χ0n) is 11.8. The van der Waals surface area contributed by atoms with Crippen LogP contribution in [0.4, 0.5) is 0 Å². The van der Waals surface area contributed by atoms with Gasteiger partial charge in [-0.25, -0.2) is 0 Å². The molecule has 22 heavy (non-hydrogen) atoms. The first-order chi connectivity index (χ1) is 10.6. The lowest BCUT2D eigenvalue weighted by atomic mass is 10.1. The summed E-state index contributed by atoms with van der Waals surface area (Å²) >= 11 is 12.0. The minimum Gasteiger partial charge on any atom is -0.417 e. The van der Waals surface area contributed by atoms with Gasteiger partial charge in [0.15, 0.2) is 0 Å². The number of rotatable bonds is 3. The van der Waals surface area contributed by atoms with Gasteiger partial charge in [0.2, 0.25) is 11.8 Å². The lowest BCUT2D eigenvalue weighted by Gasteiger charge is -1.97. The lowest BCUT2D eigenvalue weighted by molar-refractivity contribution is 0.558. The van der Waals surface area contributed by atoms with Crippen molar-refractivity contribution in [3.63, 3.8) is 0 Å². The Labute approximate surface area is 138 Å². The maximum atomic E-state index is 6.11. The van der Waals surface area contributed by atoms with Crippen molar-refractivity contribution in [2.24, 2.45) is 0 Å². The Kier molecular flexibility index (Phi) is 4.27. The van der Waals surface area contributed by atoms with Gasteiger partial charge in [0.1, 0.15) is 0 Å². The van der Waals surface area contributed by atoms with Gasteiger partial charge in [0.25, 0.3) is 0 Å². The Balaban J connectivity index is 1.82. The predicted octanol–water partition coefficient (Wildman–Crippen LogP) is 5.52. The van der Waals surface area contributed by atoms with E-state index in [-0.39, 0.29) is 0 Å². The van der Waals surface area contributed by atoms with Crippen LogP contribution in [0.25, 0.3) is 23.6 Å². The summed E-state index contributed by atoms with van der Waals surface area (Å²) in [5.41, 5.74) is 2.91. The summed E-state index contributed by atoms with van der Waals surface area (Å²) in [5, 5.41) is 9.22. The largest absolute Gasteiger partial charge is 0.417 e. The molecule has 0 aliphatic carbocycles. The van der Waals surface area contributed by atoms with Crippen molar-refractivity contribution < 1.29 is 4.42 Å². The van der Waals surface area contributed by atoms with Crippen LogP contribution in [0, 0.1) is 6.92 Å². The Morgan fingerprint density at radius 2 is 1.73 bits per heavy atom. The zero-order chi connectivity index (χ0) is 15.5. The van der Waals surface area contributed by atoms with Crippen LogP contribution in [0.15, 0.2) is 46.9 Å². The summed E-state index contributed by atoms with van der Waals surface area (Å²) in [4.78, 5) is 0. The molecule has 110 valence electrons. The fourth-order valence-electron chi connectivity index (χ4n) is 1.91. The lowest BCUT2D eigenvalue weighted by Crippen LogP contribution is -1.78. The molecule has 0 amide bonds. The van der Waals surface area contributed by atoms with E-state index in [9.17, 15) is 0 Å². The van der Waals surface area contributed by atoms with Crippen molar-refractivity contribution in [1.82, 2.24) is 10.2 Å².